The Morgan fingerprint density at radius 2 is 2.00 bits per heavy atom. The smallest absolute Gasteiger partial charge is 0.226 e. The minimum atomic E-state index is -0.233. The van der Waals surface area contributed by atoms with Crippen LogP contribution >= 0.6 is 11.8 Å². The number of hydrogen-bond donors (Lipinski definition) is 1. The normalized spacial score (nSPS) is 17.7. The zero-order chi connectivity index (χ0) is 18.5. The second-order valence-corrected chi connectivity index (χ2v) is 7.89. The van der Waals surface area contributed by atoms with E-state index in [-0.39, 0.29) is 11.9 Å². The van der Waals surface area contributed by atoms with E-state index in [9.17, 15) is 4.39 Å². The highest BCUT2D eigenvalue weighted by molar-refractivity contribution is 7.99. The van der Waals surface area contributed by atoms with Crippen LogP contribution in [0.15, 0.2) is 59.3 Å². The van der Waals surface area contributed by atoms with Gasteiger partial charge in [-0.1, -0.05) is 12.1 Å². The Morgan fingerprint density at radius 1 is 1.19 bits per heavy atom. The molecule has 3 heterocycles. The Labute approximate surface area is 160 Å². The molecule has 1 atom stereocenters. The van der Waals surface area contributed by atoms with Crippen LogP contribution in [-0.2, 0) is 0 Å². The highest BCUT2D eigenvalue weighted by Gasteiger charge is 2.34. The Bertz CT molecular complexity index is 1050. The number of aromatic nitrogens is 3. The Kier molecular flexibility index (Phi) is 3.72. The van der Waals surface area contributed by atoms with Gasteiger partial charge >= 0.3 is 0 Å². The van der Waals surface area contributed by atoms with Crippen molar-refractivity contribution in [3.63, 3.8) is 0 Å². The fourth-order valence-corrected chi connectivity index (χ4v) is 4.77. The van der Waals surface area contributed by atoms with Gasteiger partial charge in [0.1, 0.15) is 18.2 Å². The maximum atomic E-state index is 13.9. The molecule has 0 amide bonds. The summed E-state index contributed by atoms with van der Waals surface area (Å²) in [6, 6.07) is 13.4. The van der Waals surface area contributed by atoms with Crippen molar-refractivity contribution >= 4 is 29.1 Å². The van der Waals surface area contributed by atoms with Crippen LogP contribution in [0.1, 0.15) is 17.2 Å². The Hall–Kier alpha value is -2.80. The van der Waals surface area contributed by atoms with E-state index in [0.29, 0.717) is 5.95 Å². The van der Waals surface area contributed by atoms with Crippen molar-refractivity contribution in [2.24, 2.45) is 0 Å². The molecule has 0 spiro atoms. The summed E-state index contributed by atoms with van der Waals surface area (Å²) in [7, 11) is 4.05. The second-order valence-electron chi connectivity index (χ2n) is 6.87. The van der Waals surface area contributed by atoms with Crippen LogP contribution in [0.25, 0.3) is 5.70 Å². The number of anilines is 2. The van der Waals surface area contributed by atoms with Gasteiger partial charge in [-0.2, -0.15) is 10.1 Å². The lowest BCUT2D eigenvalue weighted by Crippen LogP contribution is -2.27. The number of halogens is 1. The lowest BCUT2D eigenvalue weighted by atomic mass is 9.93. The monoisotopic (exact) mass is 379 g/mol. The summed E-state index contributed by atoms with van der Waals surface area (Å²) in [5.41, 5.74) is 5.32. The molecule has 0 fully saturated rings. The summed E-state index contributed by atoms with van der Waals surface area (Å²) in [4.78, 5) is 7.52. The van der Waals surface area contributed by atoms with E-state index in [4.69, 9.17) is 0 Å². The van der Waals surface area contributed by atoms with Crippen molar-refractivity contribution < 1.29 is 4.39 Å². The summed E-state index contributed by atoms with van der Waals surface area (Å²) >= 11 is 1.73. The van der Waals surface area contributed by atoms with Crippen molar-refractivity contribution in [3.8, 4) is 0 Å². The van der Waals surface area contributed by atoms with Crippen LogP contribution in [-0.4, -0.2) is 34.6 Å². The van der Waals surface area contributed by atoms with Gasteiger partial charge in [0.25, 0.3) is 0 Å². The molecule has 0 saturated carbocycles. The number of hydrogen-bond acceptors (Lipinski definition) is 5. The molecule has 2 aliphatic heterocycles. The number of fused-ring (bicyclic) bond motifs is 3. The van der Waals surface area contributed by atoms with Gasteiger partial charge in [-0.25, -0.2) is 9.07 Å². The van der Waals surface area contributed by atoms with Gasteiger partial charge < -0.3 is 10.2 Å². The first-order valence-electron chi connectivity index (χ1n) is 8.71. The van der Waals surface area contributed by atoms with Gasteiger partial charge in [-0.15, -0.1) is 11.8 Å². The van der Waals surface area contributed by atoms with Crippen molar-refractivity contribution in [2.45, 2.75) is 10.9 Å². The highest BCUT2D eigenvalue weighted by atomic mass is 32.2. The molecule has 1 N–H and O–H groups in total. The Morgan fingerprint density at radius 3 is 2.78 bits per heavy atom. The zero-order valence-electron chi connectivity index (χ0n) is 15.0. The average Bonchev–Trinajstić information content (AvgIpc) is 3.14. The predicted octanol–water partition coefficient (Wildman–Crippen LogP) is 4.02. The molecule has 2 aliphatic rings. The van der Waals surface area contributed by atoms with E-state index in [1.165, 1.54) is 11.6 Å². The molecular formula is C20H18FN5S. The molecule has 136 valence electrons. The second kappa shape index (κ2) is 6.13. The highest BCUT2D eigenvalue weighted by Crippen LogP contribution is 2.46. The minimum absolute atomic E-state index is 0.0566. The number of thioether (sulfide) groups is 1. The largest absolute Gasteiger partial charge is 0.378 e. The minimum Gasteiger partial charge on any atom is -0.378 e. The molecule has 3 aromatic rings. The first-order valence-corrected chi connectivity index (χ1v) is 9.70. The third kappa shape index (κ3) is 2.61. The lowest BCUT2D eigenvalue weighted by Gasteiger charge is -2.34. The molecule has 1 aromatic heterocycles. The van der Waals surface area contributed by atoms with Crippen molar-refractivity contribution in [3.05, 3.63) is 71.3 Å². The molecule has 5 nitrogen and oxygen atoms in total. The molecule has 27 heavy (non-hydrogen) atoms. The van der Waals surface area contributed by atoms with E-state index in [1.807, 2.05) is 24.8 Å². The van der Waals surface area contributed by atoms with Crippen LogP contribution in [0.2, 0.25) is 0 Å². The molecule has 1 unspecified atom stereocenters. The molecule has 7 heteroatoms. The van der Waals surface area contributed by atoms with Crippen molar-refractivity contribution in [1.82, 2.24) is 14.8 Å². The quantitative estimate of drug-likeness (QED) is 0.729. The first kappa shape index (κ1) is 16.4. The van der Waals surface area contributed by atoms with Crippen LogP contribution < -0.4 is 10.2 Å². The molecule has 0 bridgehead atoms. The van der Waals surface area contributed by atoms with Gasteiger partial charge in [-0.05, 0) is 41.5 Å². The molecule has 2 aromatic carbocycles. The predicted molar refractivity (Wildman–Crippen MR) is 107 cm³/mol. The van der Waals surface area contributed by atoms with Crippen LogP contribution in [0.5, 0.6) is 0 Å². The average molecular weight is 379 g/mol. The number of rotatable bonds is 2. The van der Waals surface area contributed by atoms with Crippen molar-refractivity contribution in [2.75, 3.05) is 30.1 Å². The van der Waals surface area contributed by atoms with Gasteiger partial charge in [0.15, 0.2) is 0 Å². The van der Waals surface area contributed by atoms with E-state index < -0.39 is 0 Å². The number of nitrogens with zero attached hydrogens (tertiary/aromatic N) is 4. The van der Waals surface area contributed by atoms with E-state index in [2.05, 4.69) is 44.6 Å². The Balaban J connectivity index is 1.68. The van der Waals surface area contributed by atoms with Crippen LogP contribution in [0.4, 0.5) is 16.0 Å². The standard InChI is InChI=1S/C20H18FN5S/c1-25(2)14-6-3-12(4-7-14)19-16-10-27-17-8-5-13(21)9-15(17)18(16)24-20-22-11-23-26(19)20/h3-9,11,19H,10H2,1-2H3,(H,22,23,24). The fraction of sp³-hybridized carbons (Fsp3) is 0.200. The summed E-state index contributed by atoms with van der Waals surface area (Å²) in [6.45, 7) is 0. The number of nitrogens with one attached hydrogen (secondary N) is 1. The van der Waals surface area contributed by atoms with E-state index >= 15 is 0 Å². The maximum absolute atomic E-state index is 13.9. The molecular weight excluding hydrogens is 361 g/mol. The summed E-state index contributed by atoms with van der Waals surface area (Å²) < 4.78 is 15.8. The fourth-order valence-electron chi connectivity index (χ4n) is 3.67. The topological polar surface area (TPSA) is 46.0 Å². The van der Waals surface area contributed by atoms with Gasteiger partial charge in [0.05, 0.1) is 5.70 Å². The van der Waals surface area contributed by atoms with Crippen molar-refractivity contribution in [1.29, 1.82) is 0 Å². The third-order valence-electron chi connectivity index (χ3n) is 5.02. The van der Waals surface area contributed by atoms with Crippen LogP contribution in [0, 0.1) is 5.82 Å². The molecule has 0 radical (unpaired) electrons. The zero-order valence-corrected chi connectivity index (χ0v) is 15.8. The first-order chi connectivity index (χ1) is 13.1. The third-order valence-corrected chi connectivity index (χ3v) is 6.15. The maximum Gasteiger partial charge on any atom is 0.226 e. The summed E-state index contributed by atoms with van der Waals surface area (Å²) in [5, 5.41) is 7.82. The van der Waals surface area contributed by atoms with Gasteiger partial charge in [0, 0.05) is 36.0 Å². The molecule has 5 rings (SSSR count). The van der Waals surface area contributed by atoms with Gasteiger partial charge in [0.2, 0.25) is 5.95 Å². The SMILES string of the molecule is CN(C)c1ccc(C2C3=C(Nc4ncnn42)c2cc(F)ccc2SC3)cc1. The number of benzene rings is 2. The lowest BCUT2D eigenvalue weighted by molar-refractivity contribution is 0.585. The summed E-state index contributed by atoms with van der Waals surface area (Å²) in [5.74, 6) is 1.27. The van der Waals surface area contributed by atoms with Crippen LogP contribution in [0.3, 0.4) is 0 Å². The van der Waals surface area contributed by atoms with E-state index in [0.717, 1.165) is 33.2 Å². The van der Waals surface area contributed by atoms with Gasteiger partial charge in [-0.3, -0.25) is 0 Å². The van der Waals surface area contributed by atoms with E-state index in [1.54, 1.807) is 24.2 Å². The summed E-state index contributed by atoms with van der Waals surface area (Å²) in [6.07, 6.45) is 1.56. The molecule has 0 aliphatic carbocycles. The molecule has 0 saturated heterocycles.